The van der Waals surface area contributed by atoms with Crippen LogP contribution in [0.2, 0.25) is 0 Å². The lowest BCUT2D eigenvalue weighted by molar-refractivity contribution is -0.122. The zero-order valence-electron chi connectivity index (χ0n) is 16.9. The van der Waals surface area contributed by atoms with Crippen LogP contribution in [0, 0.1) is 11.7 Å². The molecule has 0 bridgehead atoms. The zero-order valence-corrected chi connectivity index (χ0v) is 16.9. The van der Waals surface area contributed by atoms with Crippen molar-refractivity contribution in [3.63, 3.8) is 0 Å². The molecule has 2 saturated heterocycles. The molecule has 2 aromatic rings. The standard InChI is InChI=1S/C24H30FN3O/c25-21-7-4-6-19(14-21)15-23-10-5-12-27(23)18-24(29)26-16-20-11-13-28(17-20)22-8-2-1-3-9-22/h1-4,6-9,14,20,23H,5,10-13,15-18H2,(H,26,29)/t20-,23-/m0/s1. The number of nitrogens with zero attached hydrogens (tertiary/aromatic N) is 2. The van der Waals surface area contributed by atoms with Gasteiger partial charge in [0.25, 0.3) is 0 Å². The first-order chi connectivity index (χ1) is 14.2. The fraction of sp³-hybridized carbons (Fsp3) is 0.458. The molecule has 5 heteroatoms. The van der Waals surface area contributed by atoms with Crippen LogP contribution in [-0.2, 0) is 11.2 Å². The molecule has 29 heavy (non-hydrogen) atoms. The number of benzene rings is 2. The van der Waals surface area contributed by atoms with Crippen molar-refractivity contribution in [3.05, 3.63) is 66.0 Å². The van der Waals surface area contributed by atoms with Gasteiger partial charge >= 0.3 is 0 Å². The third kappa shape index (κ3) is 5.36. The summed E-state index contributed by atoms with van der Waals surface area (Å²) in [5.74, 6) is 0.418. The lowest BCUT2D eigenvalue weighted by Crippen LogP contribution is -2.42. The minimum atomic E-state index is -0.189. The fourth-order valence-electron chi connectivity index (χ4n) is 4.64. The van der Waals surface area contributed by atoms with Gasteiger partial charge in [0.15, 0.2) is 0 Å². The van der Waals surface area contributed by atoms with Gasteiger partial charge in [-0.3, -0.25) is 9.69 Å². The molecule has 0 spiro atoms. The Balaban J connectivity index is 1.22. The highest BCUT2D eigenvalue weighted by Gasteiger charge is 2.27. The highest BCUT2D eigenvalue weighted by Crippen LogP contribution is 2.23. The number of amides is 1. The van der Waals surface area contributed by atoms with Crippen molar-refractivity contribution in [3.8, 4) is 0 Å². The summed E-state index contributed by atoms with van der Waals surface area (Å²) in [6.45, 7) is 4.17. The van der Waals surface area contributed by atoms with Gasteiger partial charge < -0.3 is 10.2 Å². The molecule has 0 radical (unpaired) electrons. The molecule has 0 aliphatic carbocycles. The number of likely N-dealkylation sites (tertiary alicyclic amines) is 1. The Morgan fingerprint density at radius 1 is 1.07 bits per heavy atom. The number of carbonyl (C=O) groups is 1. The van der Waals surface area contributed by atoms with E-state index in [1.165, 1.54) is 11.8 Å². The molecule has 0 unspecified atom stereocenters. The van der Waals surface area contributed by atoms with Gasteiger partial charge in [0.1, 0.15) is 5.82 Å². The molecular formula is C24H30FN3O. The van der Waals surface area contributed by atoms with Gasteiger partial charge in [-0.1, -0.05) is 30.3 Å². The summed E-state index contributed by atoms with van der Waals surface area (Å²) in [5.41, 5.74) is 2.27. The Hall–Kier alpha value is -2.40. The average molecular weight is 396 g/mol. The number of carbonyl (C=O) groups excluding carboxylic acids is 1. The maximum absolute atomic E-state index is 13.5. The lowest BCUT2D eigenvalue weighted by atomic mass is 10.0. The van der Waals surface area contributed by atoms with Crippen molar-refractivity contribution in [2.75, 3.05) is 37.6 Å². The van der Waals surface area contributed by atoms with Crippen LogP contribution in [0.3, 0.4) is 0 Å². The van der Waals surface area contributed by atoms with Crippen LogP contribution in [0.1, 0.15) is 24.8 Å². The molecule has 2 aromatic carbocycles. The minimum absolute atomic E-state index is 0.106. The SMILES string of the molecule is O=C(CN1CCC[C@H]1Cc1cccc(F)c1)NC[C@@H]1CCN(c2ccccc2)C1. The summed E-state index contributed by atoms with van der Waals surface area (Å²) >= 11 is 0. The van der Waals surface area contributed by atoms with Gasteiger partial charge in [-0.2, -0.15) is 0 Å². The predicted octanol–water partition coefficient (Wildman–Crippen LogP) is 3.48. The van der Waals surface area contributed by atoms with E-state index in [1.807, 2.05) is 12.1 Å². The van der Waals surface area contributed by atoms with Crippen molar-refractivity contribution in [1.29, 1.82) is 0 Å². The third-order valence-electron chi connectivity index (χ3n) is 6.20. The summed E-state index contributed by atoms with van der Waals surface area (Å²) in [6.07, 6.45) is 4.08. The van der Waals surface area contributed by atoms with Crippen molar-refractivity contribution < 1.29 is 9.18 Å². The second-order valence-corrected chi connectivity index (χ2v) is 8.34. The van der Waals surface area contributed by atoms with Crippen molar-refractivity contribution in [2.24, 2.45) is 5.92 Å². The fourth-order valence-corrected chi connectivity index (χ4v) is 4.64. The van der Waals surface area contributed by atoms with E-state index in [2.05, 4.69) is 39.4 Å². The Morgan fingerprint density at radius 3 is 2.76 bits per heavy atom. The second-order valence-electron chi connectivity index (χ2n) is 8.34. The van der Waals surface area contributed by atoms with Gasteiger partial charge in [-0.25, -0.2) is 4.39 Å². The van der Waals surface area contributed by atoms with E-state index in [1.54, 1.807) is 12.1 Å². The van der Waals surface area contributed by atoms with Crippen LogP contribution in [0.25, 0.3) is 0 Å². The van der Waals surface area contributed by atoms with Crippen molar-refractivity contribution >= 4 is 11.6 Å². The first-order valence-corrected chi connectivity index (χ1v) is 10.7. The van der Waals surface area contributed by atoms with Gasteiger partial charge in [-0.05, 0) is 68.0 Å². The van der Waals surface area contributed by atoms with Crippen LogP contribution >= 0.6 is 0 Å². The first-order valence-electron chi connectivity index (χ1n) is 10.7. The molecule has 0 saturated carbocycles. The van der Waals surface area contributed by atoms with Gasteiger partial charge in [-0.15, -0.1) is 0 Å². The van der Waals surface area contributed by atoms with E-state index in [4.69, 9.17) is 0 Å². The molecular weight excluding hydrogens is 365 g/mol. The summed E-state index contributed by atoms with van der Waals surface area (Å²) < 4.78 is 13.5. The number of hydrogen-bond acceptors (Lipinski definition) is 3. The monoisotopic (exact) mass is 395 g/mol. The molecule has 0 aromatic heterocycles. The van der Waals surface area contributed by atoms with Crippen LogP contribution in [0.4, 0.5) is 10.1 Å². The predicted molar refractivity (Wildman–Crippen MR) is 114 cm³/mol. The average Bonchev–Trinajstić information content (AvgIpc) is 3.37. The van der Waals surface area contributed by atoms with E-state index in [9.17, 15) is 9.18 Å². The number of halogens is 1. The van der Waals surface area contributed by atoms with E-state index in [0.29, 0.717) is 18.5 Å². The van der Waals surface area contributed by atoms with Crippen LogP contribution in [0.15, 0.2) is 54.6 Å². The van der Waals surface area contributed by atoms with E-state index >= 15 is 0 Å². The molecule has 2 aliphatic heterocycles. The number of rotatable bonds is 7. The van der Waals surface area contributed by atoms with E-state index < -0.39 is 0 Å². The molecule has 1 N–H and O–H groups in total. The lowest BCUT2D eigenvalue weighted by Gasteiger charge is -2.24. The molecule has 2 atom stereocenters. The number of anilines is 1. The summed E-state index contributed by atoms with van der Waals surface area (Å²) in [4.78, 5) is 17.2. The van der Waals surface area contributed by atoms with Crippen LogP contribution in [-0.4, -0.2) is 49.6 Å². The number of hydrogen-bond donors (Lipinski definition) is 1. The molecule has 2 aliphatic rings. The number of nitrogens with one attached hydrogen (secondary N) is 1. The largest absolute Gasteiger partial charge is 0.371 e. The molecule has 4 nitrogen and oxygen atoms in total. The summed E-state index contributed by atoms with van der Waals surface area (Å²) in [6, 6.07) is 17.6. The Bertz CT molecular complexity index is 813. The van der Waals surface area contributed by atoms with Crippen molar-refractivity contribution in [1.82, 2.24) is 10.2 Å². The van der Waals surface area contributed by atoms with Crippen LogP contribution in [0.5, 0.6) is 0 Å². The maximum atomic E-state index is 13.5. The summed E-state index contributed by atoms with van der Waals surface area (Å²) in [5, 5.41) is 3.15. The maximum Gasteiger partial charge on any atom is 0.234 e. The van der Waals surface area contributed by atoms with Crippen molar-refractivity contribution in [2.45, 2.75) is 31.7 Å². The Labute approximate surface area is 172 Å². The van der Waals surface area contributed by atoms with Crippen LogP contribution < -0.4 is 10.2 Å². The molecule has 1 amide bonds. The van der Waals surface area contributed by atoms with Gasteiger partial charge in [0.05, 0.1) is 6.54 Å². The highest BCUT2D eigenvalue weighted by molar-refractivity contribution is 5.78. The van der Waals surface area contributed by atoms with Gasteiger partial charge in [0.2, 0.25) is 5.91 Å². The smallest absolute Gasteiger partial charge is 0.234 e. The van der Waals surface area contributed by atoms with E-state index in [0.717, 1.165) is 57.4 Å². The Kier molecular flexibility index (Phi) is 6.45. The quantitative estimate of drug-likeness (QED) is 0.780. The highest BCUT2D eigenvalue weighted by atomic mass is 19.1. The number of para-hydroxylation sites is 1. The Morgan fingerprint density at radius 2 is 1.93 bits per heavy atom. The van der Waals surface area contributed by atoms with Gasteiger partial charge in [0, 0.05) is 31.4 Å². The second kappa shape index (κ2) is 9.40. The molecule has 2 heterocycles. The minimum Gasteiger partial charge on any atom is -0.371 e. The first kappa shape index (κ1) is 19.9. The molecule has 4 rings (SSSR count). The normalized spacial score (nSPS) is 22.2. The molecule has 154 valence electrons. The molecule has 2 fully saturated rings. The van der Waals surface area contributed by atoms with E-state index in [-0.39, 0.29) is 11.7 Å². The summed E-state index contributed by atoms with van der Waals surface area (Å²) in [7, 11) is 0. The topological polar surface area (TPSA) is 35.6 Å². The zero-order chi connectivity index (χ0) is 20.1. The third-order valence-corrected chi connectivity index (χ3v) is 6.20.